The number of benzene rings is 3. The van der Waals surface area contributed by atoms with E-state index in [1.165, 1.54) is 4.90 Å². The minimum Gasteiger partial charge on any atom is -0.426 e. The minimum atomic E-state index is -1.14. The number of para-hydroxylation sites is 1. The number of anilines is 3. The average Bonchev–Trinajstić information content (AvgIpc) is 3.36. The van der Waals surface area contributed by atoms with Gasteiger partial charge in [0.05, 0.1) is 12.1 Å². The number of esters is 1. The molecule has 44 heavy (non-hydrogen) atoms. The van der Waals surface area contributed by atoms with Gasteiger partial charge >= 0.3 is 17.7 Å². The second kappa shape index (κ2) is 11.4. The van der Waals surface area contributed by atoms with Crippen molar-refractivity contribution in [3.8, 4) is 11.4 Å². The highest BCUT2D eigenvalue weighted by Gasteiger charge is 2.32. The van der Waals surface area contributed by atoms with Crippen LogP contribution in [0.4, 0.5) is 30.6 Å². The van der Waals surface area contributed by atoms with Crippen LogP contribution in [0.3, 0.4) is 0 Å². The summed E-state index contributed by atoms with van der Waals surface area (Å²) in [6.45, 7) is 0.229. The van der Waals surface area contributed by atoms with Gasteiger partial charge < -0.3 is 15.0 Å². The lowest BCUT2D eigenvalue weighted by Crippen LogP contribution is -2.43. The number of aromatic nitrogens is 4. The zero-order valence-corrected chi connectivity index (χ0v) is 23.8. The van der Waals surface area contributed by atoms with Crippen molar-refractivity contribution in [2.45, 2.75) is 31.6 Å². The van der Waals surface area contributed by atoms with Gasteiger partial charge in [0.2, 0.25) is 5.91 Å². The van der Waals surface area contributed by atoms with E-state index in [4.69, 9.17) is 4.74 Å². The highest BCUT2D eigenvalue weighted by molar-refractivity contribution is 5.98. The predicted molar refractivity (Wildman–Crippen MR) is 155 cm³/mol. The maximum absolute atomic E-state index is 14.3. The first kappa shape index (κ1) is 28.7. The average molecular weight is 604 g/mol. The maximum atomic E-state index is 14.3. The molecule has 6 rings (SSSR count). The normalized spacial score (nSPS) is 15.7. The Balaban J connectivity index is 1.23. The van der Waals surface area contributed by atoms with Crippen LogP contribution in [0.1, 0.15) is 36.3 Å². The summed E-state index contributed by atoms with van der Waals surface area (Å²) in [5.41, 5.74) is 1.34. The molecule has 2 aliphatic rings. The molecule has 3 aromatic carbocycles. The molecule has 1 unspecified atom stereocenters. The van der Waals surface area contributed by atoms with Crippen molar-refractivity contribution >= 4 is 35.0 Å². The lowest BCUT2D eigenvalue weighted by Gasteiger charge is -2.30. The Labute approximate surface area is 249 Å². The van der Waals surface area contributed by atoms with Gasteiger partial charge in [-0.05, 0) is 64.7 Å². The number of nitrogens with one attached hydrogen (secondary N) is 1. The van der Waals surface area contributed by atoms with Gasteiger partial charge in [-0.2, -0.15) is 4.68 Å². The zero-order chi connectivity index (χ0) is 31.1. The lowest BCUT2D eigenvalue weighted by atomic mass is 9.89. The fourth-order valence-corrected chi connectivity index (χ4v) is 5.56. The standard InChI is InChI=1S/C30H27F2N7O5/c1-36(2)18-11-12-19-17(15-27(41)44-25(19)16-18)14-26(40)33-23-9-4-10-24-20(23)6-5-13-37(24)29(42)39-30(43)38(34-35-39)28-21(31)7-3-8-22(28)32/h3-4,7-12,16-17H,5-6,13-15H2,1-2H3,(H,33,40). The van der Waals surface area contributed by atoms with Gasteiger partial charge in [0.1, 0.15) is 11.4 Å². The SMILES string of the molecule is CN(C)c1ccc2c(c1)OC(=O)CC2CC(=O)Nc1cccc2c1CCCN2C(=O)n1nnn(-c2c(F)cccc2F)c1=O. The molecule has 1 atom stereocenters. The van der Waals surface area contributed by atoms with Crippen LogP contribution in [0.25, 0.3) is 5.69 Å². The number of rotatable bonds is 5. The smallest absolute Gasteiger partial charge is 0.377 e. The summed E-state index contributed by atoms with van der Waals surface area (Å²) in [7, 11) is 3.75. The number of tetrazole rings is 1. The van der Waals surface area contributed by atoms with E-state index in [9.17, 15) is 28.0 Å². The Hall–Kier alpha value is -5.40. The Morgan fingerprint density at radius 3 is 2.55 bits per heavy atom. The number of halogens is 2. The van der Waals surface area contributed by atoms with Crippen molar-refractivity contribution in [3.63, 3.8) is 0 Å². The number of amides is 2. The van der Waals surface area contributed by atoms with Crippen LogP contribution < -0.4 is 25.5 Å². The molecule has 226 valence electrons. The van der Waals surface area contributed by atoms with Gasteiger partial charge in [0.15, 0.2) is 11.6 Å². The first-order valence-electron chi connectivity index (χ1n) is 13.9. The molecule has 0 radical (unpaired) electrons. The fraction of sp³-hybridized carbons (Fsp3) is 0.267. The third-order valence-corrected chi connectivity index (χ3v) is 7.69. The molecular formula is C30H27F2N7O5. The van der Waals surface area contributed by atoms with Crippen molar-refractivity contribution in [2.75, 3.05) is 35.8 Å². The predicted octanol–water partition coefficient (Wildman–Crippen LogP) is 3.62. The van der Waals surface area contributed by atoms with Crippen LogP contribution in [0.2, 0.25) is 0 Å². The number of carbonyl (C=O) groups excluding carboxylic acids is 3. The van der Waals surface area contributed by atoms with Crippen molar-refractivity contribution in [1.82, 2.24) is 19.8 Å². The van der Waals surface area contributed by atoms with E-state index < -0.39 is 35.0 Å². The van der Waals surface area contributed by atoms with Crippen LogP contribution in [0.15, 0.2) is 59.4 Å². The molecule has 0 aliphatic carbocycles. The Bertz CT molecular complexity index is 1850. The van der Waals surface area contributed by atoms with Crippen molar-refractivity contribution in [1.29, 1.82) is 0 Å². The van der Waals surface area contributed by atoms with Crippen molar-refractivity contribution < 1.29 is 27.9 Å². The second-order valence-corrected chi connectivity index (χ2v) is 10.7. The summed E-state index contributed by atoms with van der Waals surface area (Å²) < 4.78 is 34.8. The molecule has 0 saturated heterocycles. The molecule has 1 aromatic heterocycles. The Morgan fingerprint density at radius 1 is 1.05 bits per heavy atom. The molecule has 0 saturated carbocycles. The zero-order valence-electron chi connectivity index (χ0n) is 23.8. The van der Waals surface area contributed by atoms with Crippen LogP contribution >= 0.6 is 0 Å². The Morgan fingerprint density at radius 2 is 1.80 bits per heavy atom. The summed E-state index contributed by atoms with van der Waals surface area (Å²) in [6, 6.07) is 12.8. The van der Waals surface area contributed by atoms with E-state index in [2.05, 4.69) is 15.7 Å². The van der Waals surface area contributed by atoms with Crippen molar-refractivity contribution in [3.05, 3.63) is 87.8 Å². The first-order valence-corrected chi connectivity index (χ1v) is 13.9. The fourth-order valence-electron chi connectivity index (χ4n) is 5.56. The molecule has 4 aromatic rings. The minimum absolute atomic E-state index is 0.0286. The molecule has 14 heteroatoms. The van der Waals surface area contributed by atoms with E-state index in [0.717, 1.165) is 29.4 Å². The first-order chi connectivity index (χ1) is 21.1. The summed E-state index contributed by atoms with van der Waals surface area (Å²) in [5, 5.41) is 10.0. The number of hydrogen-bond donors (Lipinski definition) is 1. The summed E-state index contributed by atoms with van der Waals surface area (Å²) >= 11 is 0. The second-order valence-electron chi connectivity index (χ2n) is 10.7. The number of nitrogens with zero attached hydrogens (tertiary/aromatic N) is 6. The maximum Gasteiger partial charge on any atom is 0.377 e. The molecule has 3 heterocycles. The van der Waals surface area contributed by atoms with E-state index in [1.54, 1.807) is 24.3 Å². The van der Waals surface area contributed by atoms with E-state index in [0.29, 0.717) is 44.9 Å². The number of fused-ring (bicyclic) bond motifs is 2. The number of hydrogen-bond acceptors (Lipinski definition) is 8. The van der Waals surface area contributed by atoms with Crippen LogP contribution in [0, 0.1) is 11.6 Å². The van der Waals surface area contributed by atoms with Gasteiger partial charge in [-0.15, -0.1) is 4.68 Å². The largest absolute Gasteiger partial charge is 0.426 e. The van der Waals surface area contributed by atoms with Crippen molar-refractivity contribution in [2.24, 2.45) is 0 Å². The van der Waals surface area contributed by atoms with E-state index in [-0.39, 0.29) is 31.2 Å². The quantitative estimate of drug-likeness (QED) is 0.208. The third-order valence-electron chi connectivity index (χ3n) is 7.69. The molecule has 1 N–H and O–H groups in total. The van der Waals surface area contributed by atoms with Gasteiger partial charge in [-0.3, -0.25) is 14.5 Å². The van der Waals surface area contributed by atoms with E-state index >= 15 is 0 Å². The summed E-state index contributed by atoms with van der Waals surface area (Å²) in [5.74, 6) is -2.77. The monoisotopic (exact) mass is 603 g/mol. The number of ether oxygens (including phenoxy) is 1. The molecule has 2 amide bonds. The summed E-state index contributed by atoms with van der Waals surface area (Å²) in [6.07, 6.45) is 1.12. The highest BCUT2D eigenvalue weighted by atomic mass is 19.1. The Kier molecular flexibility index (Phi) is 7.41. The molecule has 0 bridgehead atoms. The molecule has 0 fully saturated rings. The molecule has 2 aliphatic heterocycles. The van der Waals surface area contributed by atoms with Crippen LogP contribution in [-0.4, -0.2) is 58.3 Å². The van der Waals surface area contributed by atoms with Gasteiger partial charge in [-0.25, -0.2) is 18.4 Å². The highest BCUT2D eigenvalue weighted by Crippen LogP contribution is 2.39. The van der Waals surface area contributed by atoms with E-state index in [1.807, 2.05) is 31.1 Å². The molecule has 12 nitrogen and oxygen atoms in total. The van der Waals surface area contributed by atoms with Gasteiger partial charge in [0.25, 0.3) is 0 Å². The number of carbonyl (C=O) groups is 3. The van der Waals surface area contributed by atoms with Gasteiger partial charge in [-0.1, -0.05) is 18.2 Å². The lowest BCUT2D eigenvalue weighted by molar-refractivity contribution is -0.136. The molecule has 0 spiro atoms. The summed E-state index contributed by atoms with van der Waals surface area (Å²) in [4.78, 5) is 55.2. The van der Waals surface area contributed by atoms with Crippen LogP contribution in [-0.2, 0) is 16.0 Å². The molecular weight excluding hydrogens is 576 g/mol. The third kappa shape index (κ3) is 5.18. The topological polar surface area (TPSA) is 132 Å². The van der Waals surface area contributed by atoms with Gasteiger partial charge in [0, 0.05) is 50.4 Å². The van der Waals surface area contributed by atoms with Crippen LogP contribution in [0.5, 0.6) is 5.75 Å².